The van der Waals surface area contributed by atoms with Crippen molar-refractivity contribution in [2.45, 2.75) is 52.2 Å². The molecular weight excluding hydrogens is 196 g/mol. The number of carbonyl (C=O) groups is 2. The molecule has 15 heavy (non-hydrogen) atoms. The zero-order chi connectivity index (χ0) is 12.0. The molecule has 0 spiro atoms. The van der Waals surface area contributed by atoms with Crippen LogP contribution in [0.1, 0.15) is 40.0 Å². The largest absolute Gasteiger partial charge is 0.393 e. The zero-order valence-electron chi connectivity index (χ0n) is 9.56. The van der Waals surface area contributed by atoms with Crippen LogP contribution >= 0.6 is 0 Å². The molecule has 2 unspecified atom stereocenters. The maximum Gasteiger partial charge on any atom is 0.143 e. The SMILES string of the molecule is CC(=O)CC(=O)C(CC(C)O)CC(C)O. The van der Waals surface area contributed by atoms with Crippen molar-refractivity contribution in [3.63, 3.8) is 0 Å². The van der Waals surface area contributed by atoms with Gasteiger partial charge in [-0.05, 0) is 33.6 Å². The summed E-state index contributed by atoms with van der Waals surface area (Å²) in [6, 6.07) is 0. The summed E-state index contributed by atoms with van der Waals surface area (Å²) < 4.78 is 0. The van der Waals surface area contributed by atoms with Gasteiger partial charge in [-0.1, -0.05) is 0 Å². The van der Waals surface area contributed by atoms with Crippen LogP contribution in [0.15, 0.2) is 0 Å². The van der Waals surface area contributed by atoms with Gasteiger partial charge in [0.25, 0.3) is 0 Å². The number of aliphatic hydroxyl groups is 2. The van der Waals surface area contributed by atoms with E-state index in [0.29, 0.717) is 12.8 Å². The van der Waals surface area contributed by atoms with Crippen molar-refractivity contribution < 1.29 is 19.8 Å². The number of carbonyl (C=O) groups excluding carboxylic acids is 2. The Hall–Kier alpha value is -0.740. The van der Waals surface area contributed by atoms with Crippen LogP contribution in [-0.4, -0.2) is 34.0 Å². The van der Waals surface area contributed by atoms with E-state index in [1.165, 1.54) is 6.92 Å². The molecule has 0 aliphatic heterocycles. The average molecular weight is 216 g/mol. The Morgan fingerprint density at radius 1 is 1.07 bits per heavy atom. The first-order valence-electron chi connectivity index (χ1n) is 5.21. The molecule has 0 aromatic rings. The predicted molar refractivity (Wildman–Crippen MR) is 56.4 cm³/mol. The van der Waals surface area contributed by atoms with Crippen LogP contribution in [0.4, 0.5) is 0 Å². The molecule has 0 aromatic heterocycles. The van der Waals surface area contributed by atoms with E-state index in [9.17, 15) is 19.8 Å². The lowest BCUT2D eigenvalue weighted by Crippen LogP contribution is -2.24. The van der Waals surface area contributed by atoms with E-state index in [2.05, 4.69) is 0 Å². The van der Waals surface area contributed by atoms with Gasteiger partial charge in [0, 0.05) is 5.92 Å². The fourth-order valence-electron chi connectivity index (χ4n) is 1.57. The maximum atomic E-state index is 11.6. The first-order valence-corrected chi connectivity index (χ1v) is 5.21. The molecule has 0 rings (SSSR count). The number of rotatable bonds is 7. The Morgan fingerprint density at radius 2 is 1.47 bits per heavy atom. The Labute approximate surface area is 90.3 Å². The van der Waals surface area contributed by atoms with Crippen molar-refractivity contribution in [3.8, 4) is 0 Å². The van der Waals surface area contributed by atoms with E-state index < -0.39 is 18.1 Å². The second kappa shape index (κ2) is 6.69. The van der Waals surface area contributed by atoms with Gasteiger partial charge in [0.15, 0.2) is 0 Å². The minimum Gasteiger partial charge on any atom is -0.393 e. The second-order valence-electron chi connectivity index (χ2n) is 4.21. The molecular formula is C11H20O4. The van der Waals surface area contributed by atoms with Gasteiger partial charge >= 0.3 is 0 Å². The normalized spacial score (nSPS) is 16.9. The zero-order valence-corrected chi connectivity index (χ0v) is 9.56. The smallest absolute Gasteiger partial charge is 0.143 e. The average Bonchev–Trinajstić information content (AvgIpc) is 1.99. The van der Waals surface area contributed by atoms with Crippen LogP contribution in [0.2, 0.25) is 0 Å². The molecule has 0 aromatic carbocycles. The molecule has 0 heterocycles. The third kappa shape index (κ3) is 7.22. The van der Waals surface area contributed by atoms with Gasteiger partial charge < -0.3 is 10.2 Å². The molecule has 0 saturated carbocycles. The lowest BCUT2D eigenvalue weighted by molar-refractivity contribution is -0.129. The fraction of sp³-hybridized carbons (Fsp3) is 0.818. The molecule has 0 bridgehead atoms. The number of aliphatic hydroxyl groups excluding tert-OH is 2. The van der Waals surface area contributed by atoms with E-state index in [1.54, 1.807) is 13.8 Å². The summed E-state index contributed by atoms with van der Waals surface area (Å²) in [6.07, 6.45) is -0.688. The van der Waals surface area contributed by atoms with Crippen LogP contribution < -0.4 is 0 Å². The van der Waals surface area contributed by atoms with Crippen molar-refractivity contribution in [3.05, 3.63) is 0 Å². The predicted octanol–water partition coefficient (Wildman–Crippen LogP) is 0.693. The monoisotopic (exact) mass is 216 g/mol. The topological polar surface area (TPSA) is 74.6 Å². The van der Waals surface area contributed by atoms with Gasteiger partial charge in [0.05, 0.1) is 18.6 Å². The highest BCUT2D eigenvalue weighted by Gasteiger charge is 2.22. The molecule has 0 aliphatic rings. The van der Waals surface area contributed by atoms with Gasteiger partial charge in [-0.25, -0.2) is 0 Å². The number of hydrogen-bond donors (Lipinski definition) is 2. The maximum absolute atomic E-state index is 11.6. The quantitative estimate of drug-likeness (QED) is 0.614. The van der Waals surface area contributed by atoms with Crippen LogP contribution in [0.5, 0.6) is 0 Å². The van der Waals surface area contributed by atoms with Crippen molar-refractivity contribution >= 4 is 11.6 Å². The number of hydrogen-bond acceptors (Lipinski definition) is 4. The molecule has 0 amide bonds. The van der Waals surface area contributed by atoms with E-state index in [-0.39, 0.29) is 18.0 Å². The van der Waals surface area contributed by atoms with Crippen LogP contribution in [0.25, 0.3) is 0 Å². The lowest BCUT2D eigenvalue weighted by Gasteiger charge is -2.18. The van der Waals surface area contributed by atoms with Crippen LogP contribution in [0.3, 0.4) is 0 Å². The minimum atomic E-state index is -0.593. The Bertz CT molecular complexity index is 211. The number of ketones is 2. The van der Waals surface area contributed by atoms with Crippen molar-refractivity contribution in [1.29, 1.82) is 0 Å². The summed E-state index contributed by atoms with van der Waals surface area (Å²) in [6.45, 7) is 4.55. The molecule has 0 radical (unpaired) electrons. The molecule has 0 aliphatic carbocycles. The molecule has 88 valence electrons. The highest BCUT2D eigenvalue weighted by Crippen LogP contribution is 2.17. The van der Waals surface area contributed by atoms with Crippen molar-refractivity contribution in [1.82, 2.24) is 0 Å². The van der Waals surface area contributed by atoms with Crippen molar-refractivity contribution in [2.75, 3.05) is 0 Å². The van der Waals surface area contributed by atoms with E-state index in [1.807, 2.05) is 0 Å². The van der Waals surface area contributed by atoms with E-state index >= 15 is 0 Å². The summed E-state index contributed by atoms with van der Waals surface area (Å²) in [5.41, 5.74) is 0. The second-order valence-corrected chi connectivity index (χ2v) is 4.21. The van der Waals surface area contributed by atoms with Gasteiger partial charge in [-0.15, -0.1) is 0 Å². The summed E-state index contributed by atoms with van der Waals surface area (Å²) in [5.74, 6) is -0.792. The molecule has 4 heteroatoms. The van der Waals surface area contributed by atoms with Crippen molar-refractivity contribution in [2.24, 2.45) is 5.92 Å². The van der Waals surface area contributed by atoms with Crippen LogP contribution in [-0.2, 0) is 9.59 Å². The summed E-state index contributed by atoms with van der Waals surface area (Å²) in [5, 5.41) is 18.4. The highest BCUT2D eigenvalue weighted by atomic mass is 16.3. The van der Waals surface area contributed by atoms with Gasteiger partial charge in [-0.2, -0.15) is 0 Å². The van der Waals surface area contributed by atoms with E-state index in [4.69, 9.17) is 0 Å². The van der Waals surface area contributed by atoms with Gasteiger partial charge in [-0.3, -0.25) is 9.59 Å². The first kappa shape index (κ1) is 14.3. The first-order chi connectivity index (χ1) is 6.82. The Morgan fingerprint density at radius 3 is 1.73 bits per heavy atom. The molecule has 4 nitrogen and oxygen atoms in total. The Balaban J connectivity index is 4.33. The summed E-state index contributed by atoms with van der Waals surface area (Å²) in [7, 11) is 0. The highest BCUT2D eigenvalue weighted by molar-refractivity contribution is 5.99. The summed E-state index contributed by atoms with van der Waals surface area (Å²) in [4.78, 5) is 22.4. The third-order valence-electron chi connectivity index (χ3n) is 2.13. The van der Waals surface area contributed by atoms with Gasteiger partial charge in [0.1, 0.15) is 11.6 Å². The molecule has 2 N–H and O–H groups in total. The van der Waals surface area contributed by atoms with Gasteiger partial charge in [0.2, 0.25) is 0 Å². The lowest BCUT2D eigenvalue weighted by atomic mass is 9.89. The van der Waals surface area contributed by atoms with Crippen LogP contribution in [0, 0.1) is 5.92 Å². The number of Topliss-reactive ketones (excluding diaryl/α,β-unsaturated/α-hetero) is 2. The Kier molecular flexibility index (Phi) is 6.36. The summed E-state index contributed by atoms with van der Waals surface area (Å²) >= 11 is 0. The molecule has 0 fully saturated rings. The third-order valence-corrected chi connectivity index (χ3v) is 2.13. The fourth-order valence-corrected chi connectivity index (χ4v) is 1.57. The molecule has 0 saturated heterocycles. The van der Waals surface area contributed by atoms with E-state index in [0.717, 1.165) is 0 Å². The minimum absolute atomic E-state index is 0.107. The molecule has 2 atom stereocenters. The standard InChI is InChI=1S/C11H20O4/c1-7(12)4-10(5-8(2)13)11(15)6-9(3)14/h7-8,10,12-13H,4-6H2,1-3H3.